The predicted molar refractivity (Wildman–Crippen MR) is 60.7 cm³/mol. The van der Waals surface area contributed by atoms with Crippen molar-refractivity contribution in [2.24, 2.45) is 5.92 Å². The van der Waals surface area contributed by atoms with Crippen molar-refractivity contribution in [3.8, 4) is 0 Å². The zero-order valence-corrected chi connectivity index (χ0v) is 9.81. The molecule has 1 atom stereocenters. The lowest BCUT2D eigenvalue weighted by atomic mass is 10.0. The summed E-state index contributed by atoms with van der Waals surface area (Å²) >= 11 is 0. The molecular weight excluding hydrogens is 190 g/mol. The number of aromatic nitrogens is 1. The number of rotatable bonds is 6. The Labute approximate surface area is 91.7 Å². The molecule has 0 aliphatic rings. The summed E-state index contributed by atoms with van der Waals surface area (Å²) in [7, 11) is 0. The fourth-order valence-corrected chi connectivity index (χ4v) is 1.47. The molecule has 0 aromatic carbocycles. The molecule has 0 amide bonds. The lowest BCUT2D eigenvalue weighted by Crippen LogP contribution is -2.06. The predicted octanol–water partition coefficient (Wildman–Crippen LogP) is 2.21. The van der Waals surface area contributed by atoms with Crippen LogP contribution in [0.2, 0.25) is 0 Å². The number of aliphatic hydroxyl groups is 1. The van der Waals surface area contributed by atoms with Gasteiger partial charge in [0.25, 0.3) is 0 Å². The van der Waals surface area contributed by atoms with Gasteiger partial charge in [0.05, 0.1) is 12.7 Å². The second-order valence-electron chi connectivity index (χ2n) is 4.07. The van der Waals surface area contributed by atoms with Crippen LogP contribution in [0.15, 0.2) is 18.5 Å². The molecule has 0 radical (unpaired) electrons. The maximum atomic E-state index is 9.84. The van der Waals surface area contributed by atoms with Crippen molar-refractivity contribution in [1.82, 2.24) is 4.57 Å². The van der Waals surface area contributed by atoms with Crippen molar-refractivity contribution in [3.05, 3.63) is 24.0 Å². The van der Waals surface area contributed by atoms with Crippen LogP contribution in [0.4, 0.5) is 0 Å². The Morgan fingerprint density at radius 2 is 2.20 bits per heavy atom. The van der Waals surface area contributed by atoms with E-state index in [1.807, 2.05) is 39.2 Å². The maximum Gasteiger partial charge on any atom is 0.0827 e. The minimum Gasteiger partial charge on any atom is -0.388 e. The molecule has 3 heteroatoms. The van der Waals surface area contributed by atoms with E-state index in [0.29, 0.717) is 0 Å². The quantitative estimate of drug-likeness (QED) is 0.732. The van der Waals surface area contributed by atoms with Gasteiger partial charge < -0.3 is 14.4 Å². The summed E-state index contributed by atoms with van der Waals surface area (Å²) in [5, 5.41) is 9.84. The number of nitrogens with zero attached hydrogens (tertiary/aromatic N) is 1. The molecule has 1 rings (SSSR count). The number of ether oxygens (including phenoxy) is 1. The third-order valence-electron chi connectivity index (χ3n) is 2.44. The van der Waals surface area contributed by atoms with Gasteiger partial charge in [-0.1, -0.05) is 13.8 Å². The van der Waals surface area contributed by atoms with Crippen LogP contribution in [-0.4, -0.2) is 22.9 Å². The first-order valence-electron chi connectivity index (χ1n) is 5.56. The summed E-state index contributed by atoms with van der Waals surface area (Å²) in [5.41, 5.74) is 0.987. The lowest BCUT2D eigenvalue weighted by Gasteiger charge is -2.12. The summed E-state index contributed by atoms with van der Waals surface area (Å²) in [6.45, 7) is 8.35. The first-order valence-corrected chi connectivity index (χ1v) is 5.56. The molecule has 0 saturated carbocycles. The summed E-state index contributed by atoms with van der Waals surface area (Å²) in [4.78, 5) is 0. The molecule has 3 nitrogen and oxygen atoms in total. The highest BCUT2D eigenvalue weighted by Crippen LogP contribution is 2.21. The Morgan fingerprint density at radius 3 is 2.80 bits per heavy atom. The van der Waals surface area contributed by atoms with E-state index in [2.05, 4.69) is 4.57 Å². The Bertz CT molecular complexity index is 281. The van der Waals surface area contributed by atoms with Crippen LogP contribution < -0.4 is 0 Å². The zero-order valence-electron chi connectivity index (χ0n) is 9.81. The van der Waals surface area contributed by atoms with E-state index in [4.69, 9.17) is 4.74 Å². The van der Waals surface area contributed by atoms with Crippen molar-refractivity contribution in [2.75, 3.05) is 13.2 Å². The van der Waals surface area contributed by atoms with Crippen LogP contribution in [0, 0.1) is 5.92 Å². The van der Waals surface area contributed by atoms with Crippen molar-refractivity contribution in [3.63, 3.8) is 0 Å². The van der Waals surface area contributed by atoms with E-state index in [-0.39, 0.29) is 12.0 Å². The second kappa shape index (κ2) is 5.93. The summed E-state index contributed by atoms with van der Waals surface area (Å²) < 4.78 is 7.32. The van der Waals surface area contributed by atoms with Crippen LogP contribution in [0.25, 0.3) is 0 Å². The van der Waals surface area contributed by atoms with Gasteiger partial charge >= 0.3 is 0 Å². The Kier molecular flexibility index (Phi) is 4.85. The van der Waals surface area contributed by atoms with Gasteiger partial charge in [-0.2, -0.15) is 0 Å². The Balaban J connectivity index is 2.48. The summed E-state index contributed by atoms with van der Waals surface area (Å²) in [5.74, 6) is 0.257. The highest BCUT2D eigenvalue weighted by Gasteiger charge is 2.12. The minimum atomic E-state index is -0.363. The van der Waals surface area contributed by atoms with E-state index in [1.165, 1.54) is 0 Å². The fourth-order valence-electron chi connectivity index (χ4n) is 1.47. The standard InChI is InChI=1S/C12H21NO2/c1-4-15-8-7-13-6-5-11(9-13)12(14)10(2)3/h5-6,9-10,12,14H,4,7-8H2,1-3H3. The van der Waals surface area contributed by atoms with Crippen LogP contribution in [0.3, 0.4) is 0 Å². The lowest BCUT2D eigenvalue weighted by molar-refractivity contribution is 0.126. The monoisotopic (exact) mass is 211 g/mol. The van der Waals surface area contributed by atoms with Gasteiger partial charge in [-0.3, -0.25) is 0 Å². The van der Waals surface area contributed by atoms with Gasteiger partial charge in [0.1, 0.15) is 0 Å². The maximum absolute atomic E-state index is 9.84. The van der Waals surface area contributed by atoms with E-state index in [9.17, 15) is 5.11 Å². The van der Waals surface area contributed by atoms with E-state index in [0.717, 1.165) is 25.3 Å². The minimum absolute atomic E-state index is 0.257. The van der Waals surface area contributed by atoms with Gasteiger partial charge in [0, 0.05) is 25.5 Å². The molecule has 1 aromatic rings. The molecule has 1 N–H and O–H groups in total. The normalized spacial score (nSPS) is 13.4. The largest absolute Gasteiger partial charge is 0.388 e. The van der Waals surface area contributed by atoms with Crippen molar-refractivity contribution >= 4 is 0 Å². The van der Waals surface area contributed by atoms with Crippen LogP contribution in [0.1, 0.15) is 32.4 Å². The van der Waals surface area contributed by atoms with Gasteiger partial charge in [-0.05, 0) is 24.5 Å². The van der Waals surface area contributed by atoms with Crippen LogP contribution in [0.5, 0.6) is 0 Å². The highest BCUT2D eigenvalue weighted by atomic mass is 16.5. The SMILES string of the molecule is CCOCCn1ccc(C(O)C(C)C)c1. The molecule has 0 saturated heterocycles. The Morgan fingerprint density at radius 1 is 1.47 bits per heavy atom. The number of hydrogen-bond donors (Lipinski definition) is 1. The molecule has 1 heterocycles. The molecular formula is C12H21NO2. The highest BCUT2D eigenvalue weighted by molar-refractivity contribution is 5.14. The average Bonchev–Trinajstić information content (AvgIpc) is 2.65. The number of hydrogen-bond acceptors (Lipinski definition) is 2. The van der Waals surface area contributed by atoms with Crippen molar-refractivity contribution in [1.29, 1.82) is 0 Å². The van der Waals surface area contributed by atoms with Crippen LogP contribution >= 0.6 is 0 Å². The third-order valence-corrected chi connectivity index (χ3v) is 2.44. The van der Waals surface area contributed by atoms with Crippen LogP contribution in [-0.2, 0) is 11.3 Å². The average molecular weight is 211 g/mol. The van der Waals surface area contributed by atoms with Crippen molar-refractivity contribution < 1.29 is 9.84 Å². The Hall–Kier alpha value is -0.800. The molecule has 1 unspecified atom stereocenters. The van der Waals surface area contributed by atoms with Gasteiger partial charge in [0.15, 0.2) is 0 Å². The fraction of sp³-hybridized carbons (Fsp3) is 0.667. The topological polar surface area (TPSA) is 34.4 Å². The summed E-state index contributed by atoms with van der Waals surface area (Å²) in [6, 6.07) is 1.97. The molecule has 0 fully saturated rings. The number of aliphatic hydroxyl groups excluding tert-OH is 1. The van der Waals surface area contributed by atoms with E-state index < -0.39 is 0 Å². The summed E-state index contributed by atoms with van der Waals surface area (Å²) in [6.07, 6.45) is 3.61. The molecule has 0 aliphatic heterocycles. The first-order chi connectivity index (χ1) is 7.15. The molecule has 0 spiro atoms. The first kappa shape index (κ1) is 12.3. The van der Waals surface area contributed by atoms with Crippen molar-refractivity contribution in [2.45, 2.75) is 33.4 Å². The molecule has 0 aliphatic carbocycles. The van der Waals surface area contributed by atoms with E-state index >= 15 is 0 Å². The molecule has 86 valence electrons. The van der Waals surface area contributed by atoms with Gasteiger partial charge in [-0.25, -0.2) is 0 Å². The smallest absolute Gasteiger partial charge is 0.0827 e. The molecule has 15 heavy (non-hydrogen) atoms. The van der Waals surface area contributed by atoms with E-state index in [1.54, 1.807) is 0 Å². The molecule has 0 bridgehead atoms. The zero-order chi connectivity index (χ0) is 11.3. The van der Waals surface area contributed by atoms with Gasteiger partial charge in [-0.15, -0.1) is 0 Å². The molecule has 1 aromatic heterocycles. The second-order valence-corrected chi connectivity index (χ2v) is 4.07. The third kappa shape index (κ3) is 3.68. The van der Waals surface area contributed by atoms with Gasteiger partial charge in [0.2, 0.25) is 0 Å².